The smallest absolute Gasteiger partial charge is 0.335 e. The molecule has 1 aromatic rings. The van der Waals surface area contributed by atoms with Gasteiger partial charge in [0.2, 0.25) is 6.29 Å². The highest BCUT2D eigenvalue weighted by atomic mass is 16.7. The van der Waals surface area contributed by atoms with Crippen LogP contribution in [0.5, 0.6) is 0 Å². The summed E-state index contributed by atoms with van der Waals surface area (Å²) in [6, 6.07) is 3.85. The summed E-state index contributed by atoms with van der Waals surface area (Å²) in [6.07, 6.45) is -8.11. The molecule has 0 fully saturated rings. The van der Waals surface area contributed by atoms with Gasteiger partial charge in [-0.1, -0.05) is 19.9 Å². The number of ether oxygens (including phenoxy) is 2. The molecule has 2 heterocycles. The Bertz CT molecular complexity index is 1270. The largest absolute Gasteiger partial charge is 0.479 e. The Morgan fingerprint density at radius 1 is 0.731 bits per heavy atom. The Morgan fingerprint density at radius 3 is 1.46 bits per heavy atom. The molecule has 19 nitrogen and oxygen atoms in total. The number of hydrogen-bond acceptors (Lipinski definition) is 15. The number of carbonyl (C=O) groups is 6. The predicted molar refractivity (Wildman–Crippen MR) is 179 cm³/mol. The second-order valence-electron chi connectivity index (χ2n) is 12.2. The maximum absolute atomic E-state index is 13.6. The number of aliphatic hydroxyl groups is 4. The molecular formula is C33H51N5O14. The zero-order valence-corrected chi connectivity index (χ0v) is 29.5. The van der Waals surface area contributed by atoms with Gasteiger partial charge in [-0.05, 0) is 63.7 Å². The van der Waals surface area contributed by atoms with E-state index in [9.17, 15) is 49.2 Å². The quantitative estimate of drug-likeness (QED) is 0.0602. The summed E-state index contributed by atoms with van der Waals surface area (Å²) in [7, 11) is 0. The van der Waals surface area contributed by atoms with Crippen molar-refractivity contribution in [3.05, 3.63) is 29.6 Å². The summed E-state index contributed by atoms with van der Waals surface area (Å²) in [6.45, 7) is 6.64. The van der Waals surface area contributed by atoms with E-state index in [-0.39, 0.29) is 39.0 Å². The van der Waals surface area contributed by atoms with E-state index >= 15 is 0 Å². The van der Waals surface area contributed by atoms with Crippen LogP contribution in [0.3, 0.4) is 0 Å². The average molecular weight is 742 g/mol. The van der Waals surface area contributed by atoms with Gasteiger partial charge in [0.05, 0.1) is 11.4 Å². The number of likely N-dealkylation sites (N-methyl/N-ethyl adjacent to an activating group) is 2. The molecule has 0 saturated carbocycles. The van der Waals surface area contributed by atoms with E-state index in [1.54, 1.807) is 0 Å². The van der Waals surface area contributed by atoms with Crippen LogP contribution in [0.25, 0.3) is 0 Å². The van der Waals surface area contributed by atoms with Crippen LogP contribution in [0.1, 0.15) is 70.7 Å². The van der Waals surface area contributed by atoms with Crippen LogP contribution in [-0.2, 0) is 51.3 Å². The first-order chi connectivity index (χ1) is 24.6. The lowest BCUT2D eigenvalue weighted by molar-refractivity contribution is -0.192. The van der Waals surface area contributed by atoms with Crippen LogP contribution in [0.4, 0.5) is 0 Å². The van der Waals surface area contributed by atoms with Gasteiger partial charge in [0.15, 0.2) is 24.4 Å². The number of cyclic esters (lactones) is 2. The third-order valence-corrected chi connectivity index (χ3v) is 8.45. The van der Waals surface area contributed by atoms with Crippen molar-refractivity contribution < 1.29 is 68.9 Å². The summed E-state index contributed by atoms with van der Waals surface area (Å²) in [4.78, 5) is 81.2. The minimum absolute atomic E-state index is 0.0330. The Kier molecular flexibility index (Phi) is 18.5. The summed E-state index contributed by atoms with van der Waals surface area (Å²) < 4.78 is 11.2. The number of amides is 2. The van der Waals surface area contributed by atoms with Crippen LogP contribution in [0.2, 0.25) is 0 Å². The van der Waals surface area contributed by atoms with Gasteiger partial charge < -0.3 is 50.7 Å². The number of nitrogens with one attached hydrogen (secondary N) is 2. The normalized spacial score (nSPS) is 21.4. The van der Waals surface area contributed by atoms with E-state index in [4.69, 9.17) is 24.7 Å². The highest BCUT2D eigenvalue weighted by Crippen LogP contribution is 2.20. The molecule has 2 unspecified atom stereocenters. The van der Waals surface area contributed by atoms with Crippen LogP contribution < -0.4 is 10.6 Å². The van der Waals surface area contributed by atoms with Gasteiger partial charge in [-0.3, -0.25) is 34.0 Å². The third kappa shape index (κ3) is 13.7. The monoisotopic (exact) mass is 741 g/mol. The van der Waals surface area contributed by atoms with E-state index in [2.05, 4.69) is 10.6 Å². The summed E-state index contributed by atoms with van der Waals surface area (Å²) in [5, 5.41) is 60.4. The number of nitrogens with zero attached hydrogens (tertiary/aromatic N) is 3. The van der Waals surface area contributed by atoms with E-state index in [0.717, 1.165) is 0 Å². The van der Waals surface area contributed by atoms with Gasteiger partial charge in [0.1, 0.15) is 12.1 Å². The number of carboxylic acids is 2. The number of hydrogen-bond donors (Lipinski definition) is 8. The topological polar surface area (TPSA) is 286 Å². The van der Waals surface area contributed by atoms with Crippen molar-refractivity contribution in [2.75, 3.05) is 26.2 Å². The fraction of sp³-hybridized carbons (Fsp3) is 0.667. The molecule has 292 valence electrons. The lowest BCUT2D eigenvalue weighted by atomic mass is 10.1. The molecule has 19 heteroatoms. The van der Waals surface area contributed by atoms with Gasteiger partial charge in [-0.2, -0.15) is 0 Å². The molecule has 0 aliphatic carbocycles. The molecule has 2 amide bonds. The summed E-state index contributed by atoms with van der Waals surface area (Å²) >= 11 is 0. The fourth-order valence-electron chi connectivity index (χ4n) is 5.53. The zero-order chi connectivity index (χ0) is 39.0. The number of carboxylic acid groups (broad SMARTS) is 2. The van der Waals surface area contributed by atoms with Gasteiger partial charge in [0.25, 0.3) is 11.8 Å². The number of unbranched alkanes of at least 4 members (excludes halogenated alkanes) is 2. The Morgan fingerprint density at radius 2 is 1.12 bits per heavy atom. The predicted octanol–water partition coefficient (Wildman–Crippen LogP) is -1.91. The number of fused-ring (bicyclic) bond motifs is 2. The Balaban J connectivity index is 2.15. The molecule has 6 atom stereocenters. The number of pyridine rings is 1. The van der Waals surface area contributed by atoms with Crippen molar-refractivity contribution in [3.8, 4) is 0 Å². The van der Waals surface area contributed by atoms with Crippen molar-refractivity contribution in [1.82, 2.24) is 25.4 Å². The first-order valence-corrected chi connectivity index (χ1v) is 17.2. The lowest BCUT2D eigenvalue weighted by Crippen LogP contribution is -2.46. The van der Waals surface area contributed by atoms with Crippen molar-refractivity contribution in [1.29, 1.82) is 0 Å². The highest BCUT2D eigenvalue weighted by Gasteiger charge is 2.34. The standard InChI is InChI=1S/C33H51N5O14/c1-4-37-17-20-11-10-12-21(36-20)18-38(5-2)23(14-7-9-16-35-29(44)25(40)27(42)31(47)48)33(50)52-19(3)51-32(49)22(37)13-6-8-15-34-28(43)24(39)26(41)30(45)46/h10-12,19,22-27,39-42H,4-9,13-18H2,1-3H3,(H,34,43)(H,35,44)(H,45,46)(H,47,48)/t19?,22?,23?,24-,25-,26-,27-/m1/s1. The van der Waals surface area contributed by atoms with Gasteiger partial charge in [0, 0.05) is 33.1 Å². The first-order valence-electron chi connectivity index (χ1n) is 17.2. The molecule has 1 aliphatic rings. The second kappa shape index (κ2) is 21.9. The molecule has 1 aromatic heterocycles. The number of aromatic nitrogens is 1. The highest BCUT2D eigenvalue weighted by molar-refractivity contribution is 5.88. The van der Waals surface area contributed by atoms with Crippen LogP contribution in [-0.4, -0.2) is 150 Å². The second-order valence-corrected chi connectivity index (χ2v) is 12.2. The molecule has 0 aromatic carbocycles. The molecule has 2 rings (SSSR count). The van der Waals surface area contributed by atoms with Crippen LogP contribution in [0.15, 0.2) is 18.2 Å². The molecule has 1 aliphatic heterocycles. The average Bonchev–Trinajstić information content (AvgIpc) is 3.10. The minimum atomic E-state index is -2.27. The fourth-order valence-corrected chi connectivity index (χ4v) is 5.53. The molecule has 52 heavy (non-hydrogen) atoms. The van der Waals surface area contributed by atoms with Gasteiger partial charge in [-0.15, -0.1) is 0 Å². The molecule has 2 bridgehead atoms. The van der Waals surface area contributed by atoms with E-state index in [1.165, 1.54) is 6.92 Å². The molecule has 0 radical (unpaired) electrons. The van der Waals surface area contributed by atoms with Gasteiger partial charge >= 0.3 is 23.9 Å². The number of carbonyl (C=O) groups excluding carboxylic acids is 4. The van der Waals surface area contributed by atoms with E-state index in [0.29, 0.717) is 50.2 Å². The number of rotatable bonds is 18. The van der Waals surface area contributed by atoms with Crippen LogP contribution in [0, 0.1) is 0 Å². The van der Waals surface area contributed by atoms with E-state index < -0.39 is 78.5 Å². The molecule has 0 spiro atoms. The lowest BCUT2D eigenvalue weighted by Gasteiger charge is -2.32. The minimum Gasteiger partial charge on any atom is -0.479 e. The zero-order valence-electron chi connectivity index (χ0n) is 29.5. The summed E-state index contributed by atoms with van der Waals surface area (Å²) in [5.41, 5.74) is 1.34. The van der Waals surface area contributed by atoms with Gasteiger partial charge in [-0.25, -0.2) is 9.59 Å². The maximum atomic E-state index is 13.6. The van der Waals surface area contributed by atoms with Crippen LogP contribution >= 0.6 is 0 Å². The maximum Gasteiger partial charge on any atom is 0.335 e. The van der Waals surface area contributed by atoms with Crippen molar-refractivity contribution in [3.63, 3.8) is 0 Å². The molecule has 0 saturated heterocycles. The van der Waals surface area contributed by atoms with Crippen molar-refractivity contribution in [2.45, 2.75) is 115 Å². The number of aliphatic hydroxyl groups excluding tert-OH is 4. The molecule has 8 N–H and O–H groups in total. The molecular weight excluding hydrogens is 690 g/mol. The van der Waals surface area contributed by atoms with E-state index in [1.807, 2.05) is 41.8 Å². The SMILES string of the molecule is CCN1Cc2cccc(n2)CN(CC)C(CCCCNC(=O)[C@H](O)[C@@H](O)C(=O)O)C(=O)OC(C)OC(=O)C1CCCCNC(=O)[C@H](O)[C@@H](O)C(=O)O. The Labute approximate surface area is 300 Å². The van der Waals surface area contributed by atoms with Crippen molar-refractivity contribution >= 4 is 35.7 Å². The first kappa shape index (κ1) is 43.9. The third-order valence-electron chi connectivity index (χ3n) is 8.45. The Hall–Kier alpha value is -4.27. The number of aliphatic carboxylic acids is 2. The summed E-state index contributed by atoms with van der Waals surface area (Å²) in [5.74, 6) is -6.91. The van der Waals surface area contributed by atoms with Crippen molar-refractivity contribution in [2.24, 2.45) is 0 Å². The number of esters is 2.